The Morgan fingerprint density at radius 3 is 2.62 bits per heavy atom. The van der Waals surface area contributed by atoms with E-state index in [4.69, 9.17) is 15.8 Å². The first-order chi connectivity index (χ1) is 11.4. The molecule has 1 aliphatic heterocycles. The summed E-state index contributed by atoms with van der Waals surface area (Å²) in [5.74, 6) is -1.04. The Hall–Kier alpha value is -1.83. The third kappa shape index (κ3) is 3.19. The van der Waals surface area contributed by atoms with Crippen LogP contribution in [0.3, 0.4) is 0 Å². The van der Waals surface area contributed by atoms with E-state index in [2.05, 4.69) is 4.99 Å². The zero-order valence-electron chi connectivity index (χ0n) is 13.0. The number of nitrogens with zero attached hydrogens (tertiary/aromatic N) is 3. The van der Waals surface area contributed by atoms with Crippen LogP contribution < -0.4 is 20.9 Å². The van der Waals surface area contributed by atoms with E-state index in [0.717, 1.165) is 36.6 Å². The molecule has 1 unspecified atom stereocenters. The molecule has 9 heteroatoms. The third-order valence-corrected chi connectivity index (χ3v) is 6.77. The van der Waals surface area contributed by atoms with E-state index < -0.39 is 22.6 Å². The fourth-order valence-electron chi connectivity index (χ4n) is 3.07. The molecule has 1 aromatic carbocycles. The number of aliphatic carboxylic acids is 1. The number of carboxylic acids is 1. The molecule has 0 saturated heterocycles. The number of carboxylic acid groups (broad SMARTS) is 1. The molecule has 0 bridgehead atoms. The number of benzene rings is 1. The van der Waals surface area contributed by atoms with Gasteiger partial charge in [-0.05, 0) is 0 Å². The fourth-order valence-corrected chi connectivity index (χ4v) is 5.05. The summed E-state index contributed by atoms with van der Waals surface area (Å²) in [4.78, 5) is 31.2. The maximum atomic E-state index is 11.3. The van der Waals surface area contributed by atoms with Crippen LogP contribution in [0.25, 0.3) is 0 Å². The number of hydrogen-bond donors (Lipinski definition) is 2. The van der Waals surface area contributed by atoms with Crippen LogP contribution in [0.4, 0.5) is 5.69 Å². The number of nitro groups is 1. The molecule has 1 saturated carbocycles. The number of hydrogen-bond acceptors (Lipinski definition) is 6. The zero-order valence-corrected chi connectivity index (χ0v) is 14.7. The topological polar surface area (TPSA) is 131 Å². The molecule has 0 aromatic heterocycles. The second-order valence-corrected chi connectivity index (χ2v) is 8.29. The predicted molar refractivity (Wildman–Crippen MR) is 87.0 cm³/mol. The second-order valence-electron chi connectivity index (χ2n) is 6.06. The molecule has 1 fully saturated rings. The molecule has 1 heterocycles. The van der Waals surface area contributed by atoms with Gasteiger partial charge >= 0.3 is 144 Å². The van der Waals surface area contributed by atoms with Gasteiger partial charge in [-0.3, -0.25) is 0 Å². The summed E-state index contributed by atoms with van der Waals surface area (Å²) in [6, 6.07) is 2.19. The Balaban J connectivity index is 2.02. The third-order valence-electron chi connectivity index (χ3n) is 4.32. The molecule has 3 N–H and O–H groups in total. The Labute approximate surface area is 144 Å². The summed E-state index contributed by atoms with van der Waals surface area (Å²) in [7, 11) is 0. The van der Waals surface area contributed by atoms with Gasteiger partial charge in [0, 0.05) is 0 Å². The van der Waals surface area contributed by atoms with Crippen LogP contribution in [-0.2, 0) is 4.79 Å². The van der Waals surface area contributed by atoms with Gasteiger partial charge in [-0.2, -0.15) is 0 Å². The van der Waals surface area contributed by atoms with E-state index in [9.17, 15) is 14.9 Å². The SMILES string of the molecule is NC(C[Se]c1ccc([N+](=O)[O-])c2c1=NC1(CCCCC1)N=2)C(=O)O. The van der Waals surface area contributed by atoms with Gasteiger partial charge in [0.2, 0.25) is 0 Å². The van der Waals surface area contributed by atoms with Gasteiger partial charge in [0.05, 0.1) is 0 Å². The minimum atomic E-state index is -1.04. The normalized spacial score (nSPS) is 19.2. The van der Waals surface area contributed by atoms with Crippen LogP contribution in [0.15, 0.2) is 22.1 Å². The molecule has 0 radical (unpaired) electrons. The number of non-ortho nitro benzene ring substituents is 1. The van der Waals surface area contributed by atoms with Crippen LogP contribution in [0.1, 0.15) is 32.1 Å². The maximum absolute atomic E-state index is 11.3. The van der Waals surface area contributed by atoms with Crippen molar-refractivity contribution in [3.63, 3.8) is 0 Å². The Morgan fingerprint density at radius 2 is 2.00 bits per heavy atom. The molecular formula is C15H18N4O4Se. The molecule has 1 aromatic rings. The summed E-state index contributed by atoms with van der Waals surface area (Å²) < 4.78 is 0.839. The molecule has 1 aliphatic carbocycles. The van der Waals surface area contributed by atoms with Crippen molar-refractivity contribution in [1.29, 1.82) is 0 Å². The Morgan fingerprint density at radius 1 is 1.33 bits per heavy atom. The van der Waals surface area contributed by atoms with Gasteiger partial charge in [-0.15, -0.1) is 0 Å². The summed E-state index contributed by atoms with van der Waals surface area (Å²) in [6.45, 7) is 0. The zero-order chi connectivity index (χ0) is 17.3. The minimum absolute atomic E-state index is 0.0294. The van der Waals surface area contributed by atoms with Crippen molar-refractivity contribution in [3.8, 4) is 0 Å². The van der Waals surface area contributed by atoms with Gasteiger partial charge in [0.25, 0.3) is 0 Å². The number of carbonyl (C=O) groups is 1. The molecule has 128 valence electrons. The molecule has 2 aliphatic rings. The van der Waals surface area contributed by atoms with Crippen molar-refractivity contribution in [1.82, 2.24) is 0 Å². The van der Waals surface area contributed by atoms with E-state index in [1.54, 1.807) is 6.07 Å². The fraction of sp³-hybridized carbons (Fsp3) is 0.533. The second kappa shape index (κ2) is 6.58. The van der Waals surface area contributed by atoms with E-state index in [0.29, 0.717) is 16.0 Å². The molecule has 1 spiro atoms. The van der Waals surface area contributed by atoms with E-state index >= 15 is 0 Å². The number of rotatable bonds is 5. The summed E-state index contributed by atoms with van der Waals surface area (Å²) in [5.41, 5.74) is 4.99. The number of fused-ring (bicyclic) bond motifs is 1. The first kappa shape index (κ1) is 17.0. The van der Waals surface area contributed by atoms with E-state index in [-0.39, 0.29) is 20.6 Å². The van der Waals surface area contributed by atoms with Crippen molar-refractivity contribution >= 4 is 31.1 Å². The van der Waals surface area contributed by atoms with Crippen LogP contribution in [0.2, 0.25) is 5.32 Å². The van der Waals surface area contributed by atoms with E-state index in [1.807, 2.05) is 0 Å². The Kier molecular flexibility index (Phi) is 4.66. The standard InChI is InChI=1S/C15H18N4O4Se/c16-9(14(20)21)8-24-11-5-4-10(19(22)23)12-13(11)18-15(17-12)6-2-1-3-7-15/h4-5,9H,1-3,6-8,16H2,(H,20,21). The van der Waals surface area contributed by atoms with Crippen molar-refractivity contribution in [2.24, 2.45) is 15.7 Å². The van der Waals surface area contributed by atoms with Crippen molar-refractivity contribution in [2.45, 2.75) is 49.1 Å². The number of nitro benzene ring substituents is 1. The Bertz CT molecular complexity index is 804. The summed E-state index contributed by atoms with van der Waals surface area (Å²) >= 11 is -0.226. The van der Waals surface area contributed by atoms with E-state index in [1.165, 1.54) is 6.07 Å². The molecule has 24 heavy (non-hydrogen) atoms. The van der Waals surface area contributed by atoms with Gasteiger partial charge in [0.1, 0.15) is 0 Å². The van der Waals surface area contributed by atoms with Crippen LogP contribution in [-0.4, -0.2) is 42.7 Å². The molecule has 8 nitrogen and oxygen atoms in total. The van der Waals surface area contributed by atoms with Gasteiger partial charge in [0.15, 0.2) is 0 Å². The van der Waals surface area contributed by atoms with Crippen LogP contribution in [0.5, 0.6) is 0 Å². The van der Waals surface area contributed by atoms with Crippen molar-refractivity contribution in [2.75, 3.05) is 0 Å². The van der Waals surface area contributed by atoms with Crippen molar-refractivity contribution in [3.05, 3.63) is 33.0 Å². The van der Waals surface area contributed by atoms with Gasteiger partial charge in [-0.25, -0.2) is 0 Å². The summed E-state index contributed by atoms with van der Waals surface area (Å²) in [6.07, 6.45) is 4.77. The molecule has 0 amide bonds. The summed E-state index contributed by atoms with van der Waals surface area (Å²) in [5, 5.41) is 21.5. The first-order valence-corrected chi connectivity index (χ1v) is 9.87. The monoisotopic (exact) mass is 398 g/mol. The molecule has 3 rings (SSSR count). The molecule has 1 atom stereocenters. The van der Waals surface area contributed by atoms with Gasteiger partial charge in [-0.1, -0.05) is 0 Å². The first-order valence-electron chi connectivity index (χ1n) is 7.80. The number of nitrogens with two attached hydrogens (primary N) is 1. The average molecular weight is 397 g/mol. The van der Waals surface area contributed by atoms with Crippen LogP contribution in [0, 0.1) is 10.1 Å². The molecular weight excluding hydrogens is 379 g/mol. The average Bonchev–Trinajstić information content (AvgIpc) is 2.90. The predicted octanol–water partition coefficient (Wildman–Crippen LogP) is -0.332. The quantitative estimate of drug-likeness (QED) is 0.399. The van der Waals surface area contributed by atoms with Crippen molar-refractivity contribution < 1.29 is 14.8 Å². The van der Waals surface area contributed by atoms with Crippen LogP contribution >= 0.6 is 0 Å². The van der Waals surface area contributed by atoms with Gasteiger partial charge < -0.3 is 0 Å².